The second-order valence-corrected chi connectivity index (χ2v) is 4.28. The minimum absolute atomic E-state index is 0.919. The molecule has 1 N–H and O–H groups in total. The molecule has 0 amide bonds. The molecular formula is C8H16N2S. The second-order valence-electron chi connectivity index (χ2n) is 3.71. The zero-order valence-electron chi connectivity index (χ0n) is 6.79. The number of hydrogen-bond donors (Lipinski definition) is 2. The van der Waals surface area contributed by atoms with Gasteiger partial charge in [-0.25, -0.2) is 0 Å². The van der Waals surface area contributed by atoms with Crippen LogP contribution in [-0.2, 0) is 0 Å². The fourth-order valence-electron chi connectivity index (χ4n) is 2.23. The molecule has 2 aliphatic heterocycles. The van der Waals surface area contributed by atoms with Crippen LogP contribution in [0.15, 0.2) is 0 Å². The molecule has 0 radical (unpaired) electrons. The highest BCUT2D eigenvalue weighted by molar-refractivity contribution is 7.77. The first kappa shape index (κ1) is 7.90. The molecule has 2 aliphatic rings. The second kappa shape index (κ2) is 3.33. The maximum atomic E-state index is 4.39. The van der Waals surface area contributed by atoms with E-state index in [1.807, 2.05) is 0 Å². The van der Waals surface area contributed by atoms with Crippen LogP contribution >= 0.6 is 12.8 Å². The van der Waals surface area contributed by atoms with Gasteiger partial charge >= 0.3 is 0 Å². The molecule has 2 unspecified atom stereocenters. The van der Waals surface area contributed by atoms with Crippen LogP contribution in [0.4, 0.5) is 0 Å². The molecule has 2 rings (SSSR count). The number of nitrogens with one attached hydrogen (secondary N) is 1. The van der Waals surface area contributed by atoms with E-state index in [4.69, 9.17) is 0 Å². The maximum absolute atomic E-state index is 4.39. The van der Waals surface area contributed by atoms with Crippen molar-refractivity contribution in [3.8, 4) is 0 Å². The van der Waals surface area contributed by atoms with E-state index in [9.17, 15) is 0 Å². The van der Waals surface area contributed by atoms with Crippen LogP contribution in [0.5, 0.6) is 0 Å². The summed E-state index contributed by atoms with van der Waals surface area (Å²) in [6, 6.07) is 0. The van der Waals surface area contributed by atoms with Gasteiger partial charge in [-0.15, -0.1) is 0 Å². The van der Waals surface area contributed by atoms with E-state index in [-0.39, 0.29) is 0 Å². The van der Waals surface area contributed by atoms with Gasteiger partial charge in [0.2, 0.25) is 0 Å². The predicted octanol–water partition coefficient (Wildman–Crippen LogP) is 0.763. The molecule has 2 nitrogen and oxygen atoms in total. The number of piperidine rings is 2. The third-order valence-corrected chi connectivity index (χ3v) is 3.33. The Bertz CT molecular complexity index is 140. The Balaban J connectivity index is 1.93. The third-order valence-electron chi connectivity index (χ3n) is 2.97. The molecule has 2 fully saturated rings. The molecule has 0 aromatic heterocycles. The molecule has 11 heavy (non-hydrogen) atoms. The van der Waals surface area contributed by atoms with Crippen molar-refractivity contribution in [3.63, 3.8) is 0 Å². The predicted molar refractivity (Wildman–Crippen MR) is 49.6 cm³/mol. The molecule has 0 spiro atoms. The lowest BCUT2D eigenvalue weighted by atomic mass is 9.82. The number of fused-ring (bicyclic) bond motifs is 1. The molecule has 3 heteroatoms. The van der Waals surface area contributed by atoms with Crippen molar-refractivity contribution in [3.05, 3.63) is 0 Å². The van der Waals surface area contributed by atoms with Crippen LogP contribution in [0, 0.1) is 11.8 Å². The van der Waals surface area contributed by atoms with Gasteiger partial charge in [0.15, 0.2) is 0 Å². The largest absolute Gasteiger partial charge is 0.316 e. The van der Waals surface area contributed by atoms with Gasteiger partial charge in [-0.3, -0.25) is 4.31 Å². The van der Waals surface area contributed by atoms with Gasteiger partial charge < -0.3 is 5.32 Å². The van der Waals surface area contributed by atoms with Crippen LogP contribution in [0.3, 0.4) is 0 Å². The minimum Gasteiger partial charge on any atom is -0.316 e. The summed E-state index contributed by atoms with van der Waals surface area (Å²) in [5, 5.41) is 3.46. The smallest absolute Gasteiger partial charge is 0.0119 e. The lowest BCUT2D eigenvalue weighted by Gasteiger charge is -2.39. The van der Waals surface area contributed by atoms with E-state index in [1.54, 1.807) is 0 Å². The molecule has 2 saturated heterocycles. The molecule has 0 aromatic carbocycles. The SMILES string of the molecule is SN1CCC2CNCCC2C1. The lowest BCUT2D eigenvalue weighted by Crippen LogP contribution is -2.45. The van der Waals surface area contributed by atoms with E-state index in [0.717, 1.165) is 11.8 Å². The number of hydrogen-bond acceptors (Lipinski definition) is 3. The Hall–Kier alpha value is 0.270. The van der Waals surface area contributed by atoms with Crippen molar-refractivity contribution in [1.29, 1.82) is 0 Å². The van der Waals surface area contributed by atoms with Crippen molar-refractivity contribution < 1.29 is 0 Å². The van der Waals surface area contributed by atoms with Crippen LogP contribution in [0.1, 0.15) is 12.8 Å². The molecular weight excluding hydrogens is 156 g/mol. The van der Waals surface area contributed by atoms with Gasteiger partial charge in [0.25, 0.3) is 0 Å². The Morgan fingerprint density at radius 1 is 1.27 bits per heavy atom. The summed E-state index contributed by atoms with van der Waals surface area (Å²) in [6.07, 6.45) is 2.68. The van der Waals surface area contributed by atoms with Crippen LogP contribution in [-0.4, -0.2) is 30.5 Å². The first-order valence-electron chi connectivity index (χ1n) is 4.51. The van der Waals surface area contributed by atoms with Gasteiger partial charge in [0, 0.05) is 13.1 Å². The third kappa shape index (κ3) is 1.71. The summed E-state index contributed by atoms with van der Waals surface area (Å²) in [7, 11) is 0. The summed E-state index contributed by atoms with van der Waals surface area (Å²) < 4.78 is 2.17. The quantitative estimate of drug-likeness (QED) is 0.525. The highest BCUT2D eigenvalue weighted by atomic mass is 32.1. The Morgan fingerprint density at radius 3 is 3.09 bits per heavy atom. The van der Waals surface area contributed by atoms with E-state index < -0.39 is 0 Å². The van der Waals surface area contributed by atoms with E-state index in [0.29, 0.717) is 0 Å². The Labute approximate surface area is 73.9 Å². The van der Waals surface area contributed by atoms with Crippen LogP contribution < -0.4 is 5.32 Å². The van der Waals surface area contributed by atoms with E-state index in [2.05, 4.69) is 22.4 Å². The lowest BCUT2D eigenvalue weighted by molar-refractivity contribution is 0.156. The summed E-state index contributed by atoms with van der Waals surface area (Å²) in [5.41, 5.74) is 0. The first-order chi connectivity index (χ1) is 5.36. The molecule has 64 valence electrons. The Morgan fingerprint density at radius 2 is 2.18 bits per heavy atom. The zero-order chi connectivity index (χ0) is 7.68. The standard InChI is InChI=1S/C8H16N2S/c11-10-4-2-7-5-9-3-1-8(7)6-10/h7-9,11H,1-6H2. The normalized spacial score (nSPS) is 40.1. The van der Waals surface area contributed by atoms with Crippen molar-refractivity contribution in [2.24, 2.45) is 11.8 Å². The van der Waals surface area contributed by atoms with Gasteiger partial charge in [-0.2, -0.15) is 0 Å². The summed E-state index contributed by atoms with van der Waals surface area (Å²) in [4.78, 5) is 0. The molecule has 2 atom stereocenters. The van der Waals surface area contributed by atoms with Crippen molar-refractivity contribution >= 4 is 12.8 Å². The average Bonchev–Trinajstić information content (AvgIpc) is 2.04. The average molecular weight is 172 g/mol. The van der Waals surface area contributed by atoms with E-state index in [1.165, 1.54) is 39.0 Å². The number of nitrogens with zero attached hydrogens (tertiary/aromatic N) is 1. The highest BCUT2D eigenvalue weighted by Gasteiger charge is 2.29. The van der Waals surface area contributed by atoms with Crippen LogP contribution in [0.2, 0.25) is 0 Å². The fourth-order valence-corrected chi connectivity index (χ4v) is 2.56. The number of rotatable bonds is 0. The highest BCUT2D eigenvalue weighted by Crippen LogP contribution is 2.28. The number of thiol groups is 1. The summed E-state index contributed by atoms with van der Waals surface area (Å²) in [6.45, 7) is 4.83. The molecule has 0 bridgehead atoms. The topological polar surface area (TPSA) is 15.3 Å². The van der Waals surface area contributed by atoms with Crippen molar-refractivity contribution in [2.75, 3.05) is 26.2 Å². The van der Waals surface area contributed by atoms with E-state index >= 15 is 0 Å². The van der Waals surface area contributed by atoms with Crippen LogP contribution in [0.25, 0.3) is 0 Å². The van der Waals surface area contributed by atoms with Crippen molar-refractivity contribution in [2.45, 2.75) is 12.8 Å². The fraction of sp³-hybridized carbons (Fsp3) is 1.00. The molecule has 0 aromatic rings. The van der Waals surface area contributed by atoms with Gasteiger partial charge in [-0.1, -0.05) is 12.8 Å². The van der Waals surface area contributed by atoms with Crippen molar-refractivity contribution in [1.82, 2.24) is 9.62 Å². The zero-order valence-corrected chi connectivity index (χ0v) is 7.69. The summed E-state index contributed by atoms with van der Waals surface area (Å²) in [5.74, 6) is 1.86. The molecule has 0 saturated carbocycles. The van der Waals surface area contributed by atoms with Gasteiger partial charge in [0.1, 0.15) is 0 Å². The first-order valence-corrected chi connectivity index (χ1v) is 4.91. The monoisotopic (exact) mass is 172 g/mol. The Kier molecular flexibility index (Phi) is 2.39. The molecule has 2 heterocycles. The van der Waals surface area contributed by atoms with Gasteiger partial charge in [0.05, 0.1) is 0 Å². The minimum atomic E-state index is 0.919. The summed E-state index contributed by atoms with van der Waals surface area (Å²) >= 11 is 4.39. The van der Waals surface area contributed by atoms with Gasteiger partial charge in [-0.05, 0) is 37.8 Å². The molecule has 0 aliphatic carbocycles. The maximum Gasteiger partial charge on any atom is 0.0119 e.